The van der Waals surface area contributed by atoms with Crippen LogP contribution in [-0.2, 0) is 13.0 Å². The number of aromatic nitrogens is 4. The topological polar surface area (TPSA) is 80.0 Å². The van der Waals surface area contributed by atoms with Crippen LogP contribution in [0.4, 0.5) is 0 Å². The molecule has 4 rings (SSSR count). The molecule has 0 atom stereocenters. The standard InChI is InChI=1S/C20H20N4O4S/c1-25-14-5-7-15(8-6-14)28-12-18-21-22-20-24(18)23-19(29-20)11-13-4-9-16(26-2)17(10-13)27-3/h4-10H,11-12H2,1-3H3. The number of methoxy groups -OCH3 is 3. The quantitative estimate of drug-likeness (QED) is 0.439. The highest BCUT2D eigenvalue weighted by Gasteiger charge is 2.14. The minimum Gasteiger partial charge on any atom is -0.497 e. The molecule has 150 valence electrons. The molecule has 9 heteroatoms. The first-order chi connectivity index (χ1) is 14.2. The zero-order valence-corrected chi connectivity index (χ0v) is 17.1. The molecule has 0 fully saturated rings. The van der Waals surface area contributed by atoms with Gasteiger partial charge in [0, 0.05) is 6.42 Å². The van der Waals surface area contributed by atoms with Crippen LogP contribution in [0.15, 0.2) is 42.5 Å². The fraction of sp³-hybridized carbons (Fsp3) is 0.250. The predicted molar refractivity (Wildman–Crippen MR) is 108 cm³/mol. The normalized spacial score (nSPS) is 10.9. The van der Waals surface area contributed by atoms with E-state index in [9.17, 15) is 0 Å². The van der Waals surface area contributed by atoms with Gasteiger partial charge in [0.15, 0.2) is 17.3 Å². The molecule has 0 aliphatic carbocycles. The maximum atomic E-state index is 5.80. The smallest absolute Gasteiger partial charge is 0.234 e. The SMILES string of the molecule is COc1ccc(OCc2nnc3sc(Cc4ccc(OC)c(OC)c4)nn23)cc1. The number of nitrogens with zero attached hydrogens (tertiary/aromatic N) is 4. The Balaban J connectivity index is 1.48. The molecule has 0 spiro atoms. The van der Waals surface area contributed by atoms with Crippen LogP contribution in [0.3, 0.4) is 0 Å². The third-order valence-corrected chi connectivity index (χ3v) is 5.23. The first-order valence-corrected chi connectivity index (χ1v) is 9.69. The summed E-state index contributed by atoms with van der Waals surface area (Å²) >= 11 is 1.50. The van der Waals surface area contributed by atoms with Crippen molar-refractivity contribution in [3.8, 4) is 23.0 Å². The highest BCUT2D eigenvalue weighted by atomic mass is 32.1. The van der Waals surface area contributed by atoms with Crippen LogP contribution < -0.4 is 18.9 Å². The van der Waals surface area contributed by atoms with E-state index in [0.29, 0.717) is 23.7 Å². The van der Waals surface area contributed by atoms with Gasteiger partial charge in [0.05, 0.1) is 21.3 Å². The van der Waals surface area contributed by atoms with Gasteiger partial charge in [-0.15, -0.1) is 10.2 Å². The van der Waals surface area contributed by atoms with Crippen molar-refractivity contribution in [3.05, 3.63) is 58.9 Å². The second kappa shape index (κ2) is 8.36. The minimum atomic E-state index is 0.271. The predicted octanol–water partition coefficient (Wildman–Crippen LogP) is 3.38. The molecular weight excluding hydrogens is 392 g/mol. The van der Waals surface area contributed by atoms with Crippen molar-refractivity contribution in [1.82, 2.24) is 19.8 Å². The Bertz CT molecular complexity index is 1110. The van der Waals surface area contributed by atoms with Gasteiger partial charge in [0.2, 0.25) is 4.96 Å². The fourth-order valence-corrected chi connectivity index (χ4v) is 3.73. The van der Waals surface area contributed by atoms with Gasteiger partial charge in [0.1, 0.15) is 23.1 Å². The number of fused-ring (bicyclic) bond motifs is 1. The van der Waals surface area contributed by atoms with Crippen molar-refractivity contribution in [1.29, 1.82) is 0 Å². The van der Waals surface area contributed by atoms with Gasteiger partial charge in [-0.2, -0.15) is 9.61 Å². The van der Waals surface area contributed by atoms with E-state index in [1.165, 1.54) is 11.3 Å². The first-order valence-electron chi connectivity index (χ1n) is 8.88. The molecule has 0 radical (unpaired) electrons. The number of benzene rings is 2. The summed E-state index contributed by atoms with van der Waals surface area (Å²) < 4.78 is 23.3. The van der Waals surface area contributed by atoms with E-state index in [2.05, 4.69) is 15.3 Å². The average molecular weight is 412 g/mol. The largest absolute Gasteiger partial charge is 0.497 e. The van der Waals surface area contributed by atoms with Gasteiger partial charge >= 0.3 is 0 Å². The van der Waals surface area contributed by atoms with E-state index in [0.717, 1.165) is 27.0 Å². The summed E-state index contributed by atoms with van der Waals surface area (Å²) in [6.45, 7) is 0.271. The van der Waals surface area contributed by atoms with Crippen molar-refractivity contribution in [3.63, 3.8) is 0 Å². The molecule has 0 aliphatic heterocycles. The van der Waals surface area contributed by atoms with E-state index < -0.39 is 0 Å². The van der Waals surface area contributed by atoms with Crippen LogP contribution in [0, 0.1) is 0 Å². The van der Waals surface area contributed by atoms with Gasteiger partial charge in [-0.1, -0.05) is 17.4 Å². The number of rotatable bonds is 8. The Morgan fingerprint density at radius 1 is 0.862 bits per heavy atom. The molecule has 8 nitrogen and oxygen atoms in total. The maximum Gasteiger partial charge on any atom is 0.234 e. The lowest BCUT2D eigenvalue weighted by Gasteiger charge is -2.08. The van der Waals surface area contributed by atoms with Crippen LogP contribution in [0.25, 0.3) is 4.96 Å². The van der Waals surface area contributed by atoms with E-state index in [4.69, 9.17) is 18.9 Å². The van der Waals surface area contributed by atoms with Crippen molar-refractivity contribution < 1.29 is 18.9 Å². The lowest BCUT2D eigenvalue weighted by Crippen LogP contribution is -2.03. The van der Waals surface area contributed by atoms with Crippen molar-refractivity contribution in [2.75, 3.05) is 21.3 Å². The summed E-state index contributed by atoms with van der Waals surface area (Å²) in [6.07, 6.45) is 0.660. The van der Waals surface area contributed by atoms with Crippen LogP contribution >= 0.6 is 11.3 Å². The first kappa shape index (κ1) is 19.0. The molecule has 0 bridgehead atoms. The Morgan fingerprint density at radius 2 is 1.62 bits per heavy atom. The molecule has 2 aromatic carbocycles. The van der Waals surface area contributed by atoms with Crippen LogP contribution in [-0.4, -0.2) is 41.1 Å². The summed E-state index contributed by atoms with van der Waals surface area (Å²) in [6, 6.07) is 13.2. The second-order valence-electron chi connectivity index (χ2n) is 6.14. The van der Waals surface area contributed by atoms with E-state index >= 15 is 0 Å². The Hall–Kier alpha value is -3.33. The molecule has 29 heavy (non-hydrogen) atoms. The molecule has 2 heterocycles. The lowest BCUT2D eigenvalue weighted by atomic mass is 10.1. The molecule has 2 aromatic heterocycles. The van der Waals surface area contributed by atoms with Gasteiger partial charge in [0.25, 0.3) is 0 Å². The summed E-state index contributed by atoms with van der Waals surface area (Å²) in [5.41, 5.74) is 1.07. The highest BCUT2D eigenvalue weighted by molar-refractivity contribution is 7.16. The molecular formula is C20H20N4O4S. The molecule has 4 aromatic rings. The van der Waals surface area contributed by atoms with E-state index in [1.807, 2.05) is 42.5 Å². The molecule has 0 aliphatic rings. The molecule has 0 saturated carbocycles. The molecule has 0 unspecified atom stereocenters. The fourth-order valence-electron chi connectivity index (χ4n) is 2.84. The summed E-state index contributed by atoms with van der Waals surface area (Å²) in [7, 11) is 4.88. The molecule has 0 amide bonds. The number of hydrogen-bond acceptors (Lipinski definition) is 8. The monoisotopic (exact) mass is 412 g/mol. The lowest BCUT2D eigenvalue weighted by molar-refractivity contribution is 0.292. The van der Waals surface area contributed by atoms with Gasteiger partial charge in [-0.05, 0) is 42.0 Å². The van der Waals surface area contributed by atoms with Gasteiger partial charge in [-0.25, -0.2) is 0 Å². The van der Waals surface area contributed by atoms with Crippen LogP contribution in [0.1, 0.15) is 16.4 Å². The highest BCUT2D eigenvalue weighted by Crippen LogP contribution is 2.29. The Kier molecular flexibility index (Phi) is 5.48. The Morgan fingerprint density at radius 3 is 2.34 bits per heavy atom. The van der Waals surface area contributed by atoms with E-state index in [-0.39, 0.29) is 6.61 Å². The zero-order chi connectivity index (χ0) is 20.2. The number of ether oxygens (including phenoxy) is 4. The minimum absolute atomic E-state index is 0.271. The number of hydrogen-bond donors (Lipinski definition) is 0. The van der Waals surface area contributed by atoms with Crippen molar-refractivity contribution >= 4 is 16.3 Å². The molecule has 0 saturated heterocycles. The maximum absolute atomic E-state index is 5.80. The average Bonchev–Trinajstić information content (AvgIpc) is 3.33. The Labute approximate surface area is 171 Å². The van der Waals surface area contributed by atoms with Gasteiger partial charge < -0.3 is 18.9 Å². The summed E-state index contributed by atoms with van der Waals surface area (Å²) in [5, 5.41) is 14.0. The third-order valence-electron chi connectivity index (χ3n) is 4.33. The van der Waals surface area contributed by atoms with E-state index in [1.54, 1.807) is 25.8 Å². The zero-order valence-electron chi connectivity index (χ0n) is 16.3. The van der Waals surface area contributed by atoms with Crippen LogP contribution in [0.5, 0.6) is 23.0 Å². The van der Waals surface area contributed by atoms with Gasteiger partial charge in [-0.3, -0.25) is 0 Å². The van der Waals surface area contributed by atoms with Crippen molar-refractivity contribution in [2.24, 2.45) is 0 Å². The van der Waals surface area contributed by atoms with Crippen LogP contribution in [0.2, 0.25) is 0 Å². The third kappa shape index (κ3) is 4.09. The molecule has 0 N–H and O–H groups in total. The van der Waals surface area contributed by atoms with Crippen molar-refractivity contribution in [2.45, 2.75) is 13.0 Å². The summed E-state index contributed by atoms with van der Waals surface area (Å²) in [4.78, 5) is 0.730. The summed E-state index contributed by atoms with van der Waals surface area (Å²) in [5.74, 6) is 3.55. The second-order valence-corrected chi connectivity index (χ2v) is 7.18.